The number of rotatable bonds is 3. The topological polar surface area (TPSA) is 43.4 Å². The Kier molecular flexibility index (Phi) is 9.07. The second-order valence-electron chi connectivity index (χ2n) is 6.14. The molecule has 0 atom stereocenters. The van der Waals surface area contributed by atoms with E-state index < -0.39 is 11.7 Å². The molecule has 0 aliphatic carbocycles. The van der Waals surface area contributed by atoms with Crippen molar-refractivity contribution < 1.29 is 27.5 Å². The van der Waals surface area contributed by atoms with Crippen LogP contribution in [0.5, 0.6) is 5.75 Å². The molecule has 0 aliphatic heterocycles. The Morgan fingerprint density at radius 1 is 0.812 bits per heavy atom. The molecule has 0 spiro atoms. The smallest absolute Gasteiger partial charge is 0.417 e. The lowest BCUT2D eigenvalue weighted by Crippen LogP contribution is -2.09. The molecule has 2 aromatic carbocycles. The lowest BCUT2D eigenvalue weighted by Gasteiger charge is -2.15. The van der Waals surface area contributed by atoms with Gasteiger partial charge in [-0.15, -0.1) is 0 Å². The maximum Gasteiger partial charge on any atom is 0.417 e. The summed E-state index contributed by atoms with van der Waals surface area (Å²) in [6, 6.07) is 11.6. The number of methoxy groups -OCH3 is 1. The van der Waals surface area contributed by atoms with Gasteiger partial charge in [0.05, 0.1) is 18.2 Å². The zero-order chi connectivity index (χ0) is 23.7. The van der Waals surface area contributed by atoms with E-state index in [2.05, 4.69) is 22.3 Å². The molecule has 0 amide bonds. The van der Waals surface area contributed by atoms with Gasteiger partial charge in [0.25, 0.3) is 0 Å². The number of hydrogen-bond donors (Lipinski definition) is 0. The second kappa shape index (κ2) is 11.5. The van der Waals surface area contributed by atoms with Gasteiger partial charge in [-0.25, -0.2) is 0 Å². The molecule has 0 bridgehead atoms. The third kappa shape index (κ3) is 6.98. The first-order chi connectivity index (χ1) is 15.1. The summed E-state index contributed by atoms with van der Waals surface area (Å²) >= 11 is 1.38. The van der Waals surface area contributed by atoms with Gasteiger partial charge in [-0.05, 0) is 28.7 Å². The molecule has 2 aromatic rings. The van der Waals surface area contributed by atoms with Crippen LogP contribution in [-0.4, -0.2) is 17.3 Å². The molecule has 0 saturated carbocycles. The van der Waals surface area contributed by atoms with Crippen LogP contribution in [0.3, 0.4) is 0 Å². The van der Waals surface area contributed by atoms with Gasteiger partial charge in [0, 0.05) is 54.1 Å². The SMILES string of the molecule is COc1ccccc1/C(C#CSC(C)=O)=C(\C#CSC(C)=O)c1ccccc1C(F)(F)F. The van der Waals surface area contributed by atoms with Crippen LogP contribution in [0.25, 0.3) is 11.1 Å². The minimum absolute atomic E-state index is 0.0344. The highest BCUT2D eigenvalue weighted by Crippen LogP contribution is 2.38. The molecule has 0 fully saturated rings. The fourth-order valence-corrected chi connectivity index (χ4v) is 3.22. The van der Waals surface area contributed by atoms with Gasteiger partial charge in [-0.3, -0.25) is 9.59 Å². The van der Waals surface area contributed by atoms with Crippen molar-refractivity contribution in [2.24, 2.45) is 0 Å². The maximum atomic E-state index is 13.8. The van der Waals surface area contributed by atoms with Gasteiger partial charge < -0.3 is 4.74 Å². The van der Waals surface area contributed by atoms with E-state index in [9.17, 15) is 22.8 Å². The van der Waals surface area contributed by atoms with Crippen molar-refractivity contribution in [2.45, 2.75) is 20.0 Å². The van der Waals surface area contributed by atoms with E-state index in [1.54, 1.807) is 24.3 Å². The maximum absolute atomic E-state index is 13.8. The fourth-order valence-electron chi connectivity index (χ4n) is 2.63. The first-order valence-corrected chi connectivity index (χ1v) is 10.7. The van der Waals surface area contributed by atoms with Crippen LogP contribution in [0, 0.1) is 22.3 Å². The number of ether oxygens (including phenoxy) is 1. The molecule has 2 rings (SSSR count). The number of hydrogen-bond acceptors (Lipinski definition) is 5. The fraction of sp³-hybridized carbons (Fsp3) is 0.167. The van der Waals surface area contributed by atoms with Crippen molar-refractivity contribution in [3.63, 3.8) is 0 Å². The van der Waals surface area contributed by atoms with E-state index in [1.807, 2.05) is 0 Å². The number of carbonyl (C=O) groups excluding carboxylic acids is 2. The summed E-state index contributed by atoms with van der Waals surface area (Å²) in [5.41, 5.74) is -0.580. The summed E-state index contributed by atoms with van der Waals surface area (Å²) in [4.78, 5) is 22.7. The monoisotopic (exact) mass is 474 g/mol. The molecular formula is C24H17F3O3S2. The van der Waals surface area contributed by atoms with Crippen molar-refractivity contribution >= 4 is 44.9 Å². The Bertz CT molecular complexity index is 1180. The molecule has 8 heteroatoms. The zero-order valence-corrected chi connectivity index (χ0v) is 18.9. The highest BCUT2D eigenvalue weighted by atomic mass is 32.2. The van der Waals surface area contributed by atoms with E-state index in [0.29, 0.717) is 34.8 Å². The van der Waals surface area contributed by atoms with Crippen LogP contribution in [0.15, 0.2) is 48.5 Å². The highest BCUT2D eigenvalue weighted by molar-refractivity contribution is 8.17. The third-order valence-electron chi connectivity index (χ3n) is 3.87. The van der Waals surface area contributed by atoms with Crippen LogP contribution in [0.2, 0.25) is 0 Å². The Hall–Kier alpha value is -3.07. The minimum Gasteiger partial charge on any atom is -0.496 e. The Balaban J connectivity index is 2.96. The highest BCUT2D eigenvalue weighted by Gasteiger charge is 2.34. The van der Waals surface area contributed by atoms with Gasteiger partial charge in [-0.1, -0.05) is 42.2 Å². The summed E-state index contributed by atoms with van der Waals surface area (Å²) in [6.45, 7) is 2.63. The van der Waals surface area contributed by atoms with E-state index in [4.69, 9.17) is 4.74 Å². The lowest BCUT2D eigenvalue weighted by atomic mass is 9.92. The van der Waals surface area contributed by atoms with Gasteiger partial charge in [0.15, 0.2) is 10.2 Å². The zero-order valence-electron chi connectivity index (χ0n) is 17.3. The Labute approximate surface area is 192 Å². The van der Waals surface area contributed by atoms with Crippen LogP contribution >= 0.6 is 23.5 Å². The summed E-state index contributed by atoms with van der Waals surface area (Å²) in [5, 5.41) is 4.60. The Morgan fingerprint density at radius 2 is 1.28 bits per heavy atom. The van der Waals surface area contributed by atoms with Crippen LogP contribution < -0.4 is 4.74 Å². The average Bonchev–Trinajstić information content (AvgIpc) is 2.74. The number of allylic oxidation sites excluding steroid dienone is 2. The summed E-state index contributed by atoms with van der Waals surface area (Å²) in [7, 11) is 1.43. The minimum atomic E-state index is -4.65. The number of carbonyl (C=O) groups is 2. The second-order valence-corrected chi connectivity index (χ2v) is 8.10. The van der Waals surface area contributed by atoms with Gasteiger partial charge in [-0.2, -0.15) is 13.2 Å². The van der Waals surface area contributed by atoms with Crippen LogP contribution in [-0.2, 0) is 15.8 Å². The first-order valence-electron chi connectivity index (χ1n) is 9.06. The number of benzene rings is 2. The van der Waals surface area contributed by atoms with E-state index in [1.165, 1.54) is 39.2 Å². The number of alkyl halides is 3. The summed E-state index contributed by atoms with van der Waals surface area (Å²) < 4.78 is 46.7. The molecule has 3 nitrogen and oxygen atoms in total. The van der Waals surface area contributed by atoms with Gasteiger partial charge in [0.1, 0.15) is 5.75 Å². The standard InChI is InChI=1S/C24H17F3O3S2/c1-16(28)31-14-12-18(20-8-4-6-10-22(20)24(25,26)27)19(13-15-32-17(2)29)21-9-5-7-11-23(21)30-3/h4-11H,1-3H3/b19-18+. The van der Waals surface area contributed by atoms with E-state index >= 15 is 0 Å². The summed E-state index contributed by atoms with van der Waals surface area (Å²) in [6.07, 6.45) is -4.65. The van der Waals surface area contributed by atoms with Crippen LogP contribution in [0.1, 0.15) is 30.5 Å². The molecule has 164 valence electrons. The predicted molar refractivity (Wildman–Crippen MR) is 123 cm³/mol. The third-order valence-corrected chi connectivity index (χ3v) is 4.85. The van der Waals surface area contributed by atoms with E-state index in [0.717, 1.165) is 6.07 Å². The molecule has 0 saturated heterocycles. The van der Waals surface area contributed by atoms with Crippen molar-refractivity contribution in [1.29, 1.82) is 0 Å². The molecule has 0 aromatic heterocycles. The quantitative estimate of drug-likeness (QED) is 0.397. The first kappa shape index (κ1) is 25.2. The normalized spacial score (nSPS) is 11.3. The molecule has 0 heterocycles. The van der Waals surface area contributed by atoms with Crippen molar-refractivity contribution in [3.05, 3.63) is 65.2 Å². The van der Waals surface area contributed by atoms with Gasteiger partial charge >= 0.3 is 6.18 Å². The summed E-state index contributed by atoms with van der Waals surface area (Å²) in [5.74, 6) is 5.84. The molecule has 0 N–H and O–H groups in total. The number of halogens is 3. The van der Waals surface area contributed by atoms with E-state index in [-0.39, 0.29) is 26.9 Å². The molecule has 0 unspecified atom stereocenters. The van der Waals surface area contributed by atoms with Crippen molar-refractivity contribution in [1.82, 2.24) is 0 Å². The van der Waals surface area contributed by atoms with Gasteiger partial charge in [0.2, 0.25) is 0 Å². The number of thioether (sulfide) groups is 2. The van der Waals surface area contributed by atoms with Crippen LogP contribution in [0.4, 0.5) is 13.2 Å². The molecule has 32 heavy (non-hydrogen) atoms. The largest absolute Gasteiger partial charge is 0.496 e. The van der Waals surface area contributed by atoms with Crippen molar-refractivity contribution in [3.8, 4) is 28.1 Å². The average molecular weight is 475 g/mol. The molecule has 0 aliphatic rings. The van der Waals surface area contributed by atoms with Crippen molar-refractivity contribution in [2.75, 3.05) is 7.11 Å². The number of para-hydroxylation sites is 1. The predicted octanol–water partition coefficient (Wildman–Crippen LogP) is 6.11. The lowest BCUT2D eigenvalue weighted by molar-refractivity contribution is -0.137. The molecular weight excluding hydrogens is 457 g/mol. The Morgan fingerprint density at radius 3 is 1.78 bits per heavy atom. The molecule has 0 radical (unpaired) electrons.